The van der Waals surface area contributed by atoms with Gasteiger partial charge in [0.15, 0.2) is 0 Å². The summed E-state index contributed by atoms with van der Waals surface area (Å²) in [5.41, 5.74) is 1.83. The van der Waals surface area contributed by atoms with Crippen LogP contribution < -0.4 is 4.74 Å². The zero-order chi connectivity index (χ0) is 13.8. The Bertz CT molecular complexity index is 366. The summed E-state index contributed by atoms with van der Waals surface area (Å²) in [6.45, 7) is 14.3. The number of hydrogen-bond acceptors (Lipinski definition) is 1. The number of benzene rings is 1. The molecule has 0 unspecified atom stereocenters. The van der Waals surface area contributed by atoms with Gasteiger partial charge in [-0.25, -0.2) is 0 Å². The molecule has 0 fully saturated rings. The molecule has 1 nitrogen and oxygen atoms in total. The summed E-state index contributed by atoms with van der Waals surface area (Å²) in [5.74, 6) is 1.04. The summed E-state index contributed by atoms with van der Waals surface area (Å²) in [5, 5.41) is 0. The molecular weight excluding hydrogens is 220 g/mol. The van der Waals surface area contributed by atoms with Crippen molar-refractivity contribution in [3.8, 4) is 5.75 Å². The van der Waals surface area contributed by atoms with Crippen LogP contribution in [0.25, 0.3) is 0 Å². The monoisotopic (exact) mass is 248 g/mol. The Balaban J connectivity index is 2.58. The molecule has 0 spiro atoms. The highest BCUT2D eigenvalue weighted by Crippen LogP contribution is 2.31. The van der Waals surface area contributed by atoms with Gasteiger partial charge in [0.05, 0.1) is 6.61 Å². The van der Waals surface area contributed by atoms with Gasteiger partial charge in [0.1, 0.15) is 5.75 Å². The molecule has 0 saturated heterocycles. The summed E-state index contributed by atoms with van der Waals surface area (Å²) in [6, 6.07) is 8.38. The van der Waals surface area contributed by atoms with Crippen LogP contribution in [0.4, 0.5) is 0 Å². The second-order valence-electron chi connectivity index (χ2n) is 7.26. The molecule has 0 aromatic heterocycles. The van der Waals surface area contributed by atoms with Gasteiger partial charge in [0, 0.05) is 0 Å². The lowest BCUT2D eigenvalue weighted by molar-refractivity contribution is 0.264. The first-order valence-electron chi connectivity index (χ1n) is 6.92. The van der Waals surface area contributed by atoms with Crippen molar-refractivity contribution in [3.05, 3.63) is 29.8 Å². The molecule has 0 bridgehead atoms. The molecule has 0 radical (unpaired) electrons. The van der Waals surface area contributed by atoms with Crippen molar-refractivity contribution in [2.24, 2.45) is 5.41 Å². The van der Waals surface area contributed by atoms with E-state index in [0.29, 0.717) is 5.41 Å². The highest BCUT2D eigenvalue weighted by Gasteiger charge is 2.18. The third-order valence-electron chi connectivity index (χ3n) is 3.02. The third-order valence-corrected chi connectivity index (χ3v) is 3.02. The number of hydrogen-bond donors (Lipinski definition) is 0. The topological polar surface area (TPSA) is 9.23 Å². The maximum Gasteiger partial charge on any atom is 0.123 e. The van der Waals surface area contributed by atoms with E-state index in [1.54, 1.807) is 0 Å². The van der Waals surface area contributed by atoms with E-state index in [2.05, 4.69) is 59.7 Å². The van der Waals surface area contributed by atoms with Gasteiger partial charge in [-0.2, -0.15) is 0 Å². The Morgan fingerprint density at radius 2 is 1.56 bits per heavy atom. The van der Waals surface area contributed by atoms with Crippen molar-refractivity contribution in [1.29, 1.82) is 0 Å². The van der Waals surface area contributed by atoms with Crippen LogP contribution in [0.1, 0.15) is 59.9 Å². The SMILES string of the molecule is CC(C)(C)CCCOc1ccccc1C(C)(C)C. The van der Waals surface area contributed by atoms with E-state index in [1.165, 1.54) is 12.0 Å². The minimum atomic E-state index is 0.140. The summed E-state index contributed by atoms with van der Waals surface area (Å²) >= 11 is 0. The van der Waals surface area contributed by atoms with Crippen molar-refractivity contribution in [3.63, 3.8) is 0 Å². The summed E-state index contributed by atoms with van der Waals surface area (Å²) in [7, 11) is 0. The highest BCUT2D eigenvalue weighted by atomic mass is 16.5. The predicted molar refractivity (Wildman–Crippen MR) is 79.3 cm³/mol. The molecule has 0 aliphatic carbocycles. The van der Waals surface area contributed by atoms with E-state index < -0.39 is 0 Å². The van der Waals surface area contributed by atoms with Crippen molar-refractivity contribution in [2.45, 2.75) is 59.8 Å². The van der Waals surface area contributed by atoms with Crippen molar-refractivity contribution >= 4 is 0 Å². The predicted octanol–water partition coefficient (Wildman–Crippen LogP) is 5.19. The zero-order valence-electron chi connectivity index (χ0n) is 12.8. The van der Waals surface area contributed by atoms with E-state index in [-0.39, 0.29) is 5.41 Å². The number of rotatable bonds is 4. The fraction of sp³-hybridized carbons (Fsp3) is 0.647. The molecule has 0 heterocycles. The summed E-state index contributed by atoms with van der Waals surface area (Å²) in [4.78, 5) is 0. The first kappa shape index (κ1) is 15.1. The normalized spacial score (nSPS) is 12.6. The van der Waals surface area contributed by atoms with Gasteiger partial charge in [-0.05, 0) is 35.3 Å². The molecule has 0 aliphatic heterocycles. The molecule has 0 saturated carbocycles. The molecule has 1 heteroatoms. The van der Waals surface area contributed by atoms with Gasteiger partial charge in [-0.15, -0.1) is 0 Å². The smallest absolute Gasteiger partial charge is 0.123 e. The van der Waals surface area contributed by atoms with Gasteiger partial charge >= 0.3 is 0 Å². The lowest BCUT2D eigenvalue weighted by Crippen LogP contribution is -2.14. The number of ether oxygens (including phenoxy) is 1. The highest BCUT2D eigenvalue weighted by molar-refractivity contribution is 5.38. The molecule has 1 aromatic carbocycles. The molecule has 102 valence electrons. The Kier molecular flexibility index (Phi) is 4.84. The fourth-order valence-electron chi connectivity index (χ4n) is 2.00. The van der Waals surface area contributed by atoms with Crippen LogP contribution in [0.2, 0.25) is 0 Å². The maximum absolute atomic E-state index is 5.96. The Labute approximate surface area is 113 Å². The zero-order valence-corrected chi connectivity index (χ0v) is 12.8. The van der Waals surface area contributed by atoms with Crippen LogP contribution in [-0.4, -0.2) is 6.61 Å². The first-order chi connectivity index (χ1) is 8.20. The fourth-order valence-corrected chi connectivity index (χ4v) is 2.00. The Hall–Kier alpha value is -0.980. The van der Waals surface area contributed by atoms with Gasteiger partial charge in [-0.1, -0.05) is 59.7 Å². The van der Waals surface area contributed by atoms with E-state index in [1.807, 2.05) is 6.07 Å². The van der Waals surface area contributed by atoms with E-state index in [4.69, 9.17) is 4.74 Å². The molecule has 18 heavy (non-hydrogen) atoms. The van der Waals surface area contributed by atoms with E-state index >= 15 is 0 Å². The molecule has 1 aromatic rings. The third kappa shape index (κ3) is 5.12. The van der Waals surface area contributed by atoms with Crippen LogP contribution in [0.3, 0.4) is 0 Å². The molecule has 0 N–H and O–H groups in total. The molecule has 0 atom stereocenters. The van der Waals surface area contributed by atoms with Crippen molar-refractivity contribution in [2.75, 3.05) is 6.61 Å². The van der Waals surface area contributed by atoms with E-state index in [9.17, 15) is 0 Å². The summed E-state index contributed by atoms with van der Waals surface area (Å²) < 4.78 is 5.96. The molecule has 1 rings (SSSR count). The Morgan fingerprint density at radius 1 is 0.944 bits per heavy atom. The molecular formula is C17H28O. The standard InChI is InChI=1S/C17H28O/c1-16(2,3)12-9-13-18-15-11-8-7-10-14(15)17(4,5)6/h7-8,10-11H,9,12-13H2,1-6H3. The minimum Gasteiger partial charge on any atom is -0.493 e. The van der Waals surface area contributed by atoms with Crippen LogP contribution >= 0.6 is 0 Å². The second-order valence-corrected chi connectivity index (χ2v) is 7.26. The van der Waals surface area contributed by atoms with Crippen LogP contribution in [0, 0.1) is 5.41 Å². The van der Waals surface area contributed by atoms with Crippen molar-refractivity contribution < 1.29 is 4.74 Å². The lowest BCUT2D eigenvalue weighted by Gasteiger charge is -2.23. The maximum atomic E-state index is 5.96. The van der Waals surface area contributed by atoms with E-state index in [0.717, 1.165) is 18.8 Å². The lowest BCUT2D eigenvalue weighted by atomic mass is 9.86. The van der Waals surface area contributed by atoms with Crippen LogP contribution in [0.15, 0.2) is 24.3 Å². The second kappa shape index (κ2) is 5.77. The van der Waals surface area contributed by atoms with Crippen LogP contribution in [-0.2, 0) is 5.41 Å². The van der Waals surface area contributed by atoms with Gasteiger partial charge in [0.2, 0.25) is 0 Å². The summed E-state index contributed by atoms with van der Waals surface area (Å²) in [6.07, 6.45) is 2.31. The molecule has 0 aliphatic rings. The van der Waals surface area contributed by atoms with Gasteiger partial charge in [-0.3, -0.25) is 0 Å². The van der Waals surface area contributed by atoms with Gasteiger partial charge in [0.25, 0.3) is 0 Å². The minimum absolute atomic E-state index is 0.140. The van der Waals surface area contributed by atoms with Crippen LogP contribution in [0.5, 0.6) is 5.75 Å². The number of para-hydroxylation sites is 1. The Morgan fingerprint density at radius 3 is 2.11 bits per heavy atom. The average Bonchev–Trinajstić information content (AvgIpc) is 2.22. The first-order valence-corrected chi connectivity index (χ1v) is 6.92. The molecule has 0 amide bonds. The quantitative estimate of drug-likeness (QED) is 0.666. The average molecular weight is 248 g/mol. The van der Waals surface area contributed by atoms with Crippen molar-refractivity contribution in [1.82, 2.24) is 0 Å². The largest absolute Gasteiger partial charge is 0.493 e. The van der Waals surface area contributed by atoms with Gasteiger partial charge < -0.3 is 4.74 Å².